The van der Waals surface area contributed by atoms with E-state index in [0.717, 1.165) is 0 Å². The highest BCUT2D eigenvalue weighted by atomic mass is 127. The van der Waals surface area contributed by atoms with Crippen LogP contribution in [0.2, 0.25) is 0 Å². The van der Waals surface area contributed by atoms with E-state index in [4.69, 9.17) is 11.6 Å². The highest BCUT2D eigenvalue weighted by Crippen LogP contribution is 2.34. The maximum atomic E-state index is 12.6. The summed E-state index contributed by atoms with van der Waals surface area (Å²) in [6.45, 7) is 6.65. The van der Waals surface area contributed by atoms with E-state index in [1.807, 2.05) is 22.6 Å². The molecule has 54 valence electrons. The van der Waals surface area contributed by atoms with Gasteiger partial charge in [0, 0.05) is 5.03 Å². The van der Waals surface area contributed by atoms with Crippen LogP contribution in [0.5, 0.6) is 0 Å². The van der Waals surface area contributed by atoms with E-state index in [0.29, 0.717) is 5.03 Å². The van der Waals surface area contributed by atoms with Crippen molar-refractivity contribution in [1.82, 2.24) is 0 Å². The van der Waals surface area contributed by atoms with Crippen LogP contribution >= 0.6 is 34.2 Å². The molecule has 0 aromatic heterocycles. The smallest absolute Gasteiger partial charge is 0.116 e. The molecule has 9 heavy (non-hydrogen) atoms. The minimum Gasteiger partial charge on any atom is -0.246 e. The molecule has 0 heterocycles. The van der Waals surface area contributed by atoms with E-state index in [1.54, 1.807) is 6.92 Å². The van der Waals surface area contributed by atoms with Crippen LogP contribution in [-0.4, -0.2) is 9.59 Å². The van der Waals surface area contributed by atoms with Gasteiger partial charge in [0.1, 0.15) is 6.17 Å². The molecular weight excluding hydrogens is 253 g/mol. The fraction of sp³-hybridized carbons (Fsp3) is 0.667. The molecule has 3 heteroatoms. The maximum Gasteiger partial charge on any atom is 0.116 e. The lowest BCUT2D eigenvalue weighted by Gasteiger charge is -2.22. The Balaban J connectivity index is 4.19. The Kier molecular flexibility index (Phi) is 3.44. The third-order valence-corrected chi connectivity index (χ3v) is 3.50. The van der Waals surface area contributed by atoms with Crippen molar-refractivity contribution in [3.63, 3.8) is 0 Å². The van der Waals surface area contributed by atoms with Gasteiger partial charge in [0.05, 0.1) is 3.42 Å². The van der Waals surface area contributed by atoms with Gasteiger partial charge in [0.15, 0.2) is 0 Å². The van der Waals surface area contributed by atoms with Crippen molar-refractivity contribution in [2.75, 3.05) is 0 Å². The van der Waals surface area contributed by atoms with E-state index < -0.39 is 9.59 Å². The quantitative estimate of drug-likeness (QED) is 0.529. The van der Waals surface area contributed by atoms with Crippen molar-refractivity contribution in [2.24, 2.45) is 0 Å². The molecule has 0 aliphatic carbocycles. The van der Waals surface area contributed by atoms with Crippen LogP contribution in [-0.2, 0) is 0 Å². The van der Waals surface area contributed by atoms with Crippen LogP contribution in [0.25, 0.3) is 0 Å². The summed E-state index contributed by atoms with van der Waals surface area (Å²) in [4.78, 5) is 0. The predicted molar refractivity (Wildman–Crippen MR) is 48.0 cm³/mol. The molecule has 0 nitrogen and oxygen atoms in total. The first-order valence-electron chi connectivity index (χ1n) is 2.57. The Hall–Kier alpha value is 0.690. The summed E-state index contributed by atoms with van der Waals surface area (Å²) in [5.41, 5.74) is 0. The highest BCUT2D eigenvalue weighted by molar-refractivity contribution is 14.1. The van der Waals surface area contributed by atoms with Gasteiger partial charge in [-0.15, -0.1) is 0 Å². The van der Waals surface area contributed by atoms with E-state index >= 15 is 0 Å². The first-order valence-corrected chi connectivity index (χ1v) is 4.02. The third-order valence-electron chi connectivity index (χ3n) is 1.28. The minimum atomic E-state index is -0.955. The molecule has 0 aliphatic heterocycles. The van der Waals surface area contributed by atoms with Crippen LogP contribution in [0.3, 0.4) is 0 Å². The molecule has 0 aliphatic rings. The zero-order valence-electron chi connectivity index (χ0n) is 5.42. The normalized spacial score (nSPS) is 20.6. The van der Waals surface area contributed by atoms with Crippen LogP contribution in [0.1, 0.15) is 13.8 Å². The summed E-state index contributed by atoms with van der Waals surface area (Å²) in [6, 6.07) is 0. The average molecular weight is 262 g/mol. The Morgan fingerprint density at radius 1 is 1.89 bits per heavy atom. The molecule has 0 radical (unpaired) electrons. The number of rotatable bonds is 2. The van der Waals surface area contributed by atoms with Gasteiger partial charge in [0.25, 0.3) is 0 Å². The molecule has 0 bridgehead atoms. The summed E-state index contributed by atoms with van der Waals surface area (Å²) in [5, 5.41) is 0.359. The number of allylic oxidation sites excluding steroid dienone is 1. The van der Waals surface area contributed by atoms with Gasteiger partial charge < -0.3 is 0 Å². The van der Waals surface area contributed by atoms with Crippen molar-refractivity contribution in [3.05, 3.63) is 11.6 Å². The van der Waals surface area contributed by atoms with Gasteiger partial charge in [-0.05, 0) is 13.8 Å². The maximum absolute atomic E-state index is 12.6. The van der Waals surface area contributed by atoms with Crippen LogP contribution in [0.15, 0.2) is 11.6 Å². The molecule has 0 rings (SSSR count). The molecule has 0 amide bonds. The largest absolute Gasteiger partial charge is 0.246 e. The number of hydrogen-bond donors (Lipinski definition) is 0. The Morgan fingerprint density at radius 3 is 2.22 bits per heavy atom. The standard InChI is InChI=1S/C6H9ClFI/c1-4(7)6(3,9)5(2)8/h5H,1H2,2-3H3/t5-,6?/m0/s1. The lowest BCUT2D eigenvalue weighted by Crippen LogP contribution is -2.26. The molecule has 0 aromatic rings. The van der Waals surface area contributed by atoms with Crippen molar-refractivity contribution < 1.29 is 4.39 Å². The molecule has 0 saturated heterocycles. The third kappa shape index (κ3) is 2.42. The molecule has 0 aromatic carbocycles. The van der Waals surface area contributed by atoms with Crippen molar-refractivity contribution in [2.45, 2.75) is 23.4 Å². The monoisotopic (exact) mass is 262 g/mol. The van der Waals surface area contributed by atoms with Gasteiger partial charge in [-0.25, -0.2) is 4.39 Å². The average Bonchev–Trinajstić information content (AvgIpc) is 1.65. The zero-order valence-corrected chi connectivity index (χ0v) is 8.33. The predicted octanol–water partition coefficient (Wildman–Crippen LogP) is 3.29. The van der Waals surface area contributed by atoms with Crippen molar-refractivity contribution in [3.8, 4) is 0 Å². The molecule has 0 fully saturated rings. The lowest BCUT2D eigenvalue weighted by molar-refractivity contribution is 0.330. The molecule has 2 atom stereocenters. The Bertz CT molecular complexity index is 120. The van der Waals surface area contributed by atoms with E-state index in [2.05, 4.69) is 6.58 Å². The van der Waals surface area contributed by atoms with Gasteiger partial charge in [-0.1, -0.05) is 40.8 Å². The van der Waals surface area contributed by atoms with Crippen LogP contribution in [0, 0.1) is 0 Å². The first kappa shape index (κ1) is 9.69. The highest BCUT2D eigenvalue weighted by Gasteiger charge is 2.29. The van der Waals surface area contributed by atoms with Gasteiger partial charge in [0.2, 0.25) is 0 Å². The molecular formula is C6H9ClFI. The second-order valence-corrected chi connectivity index (χ2v) is 4.79. The second-order valence-electron chi connectivity index (χ2n) is 2.10. The SMILES string of the molecule is C=C(Cl)C(C)(I)[C@H](C)F. The Morgan fingerprint density at radius 2 is 2.22 bits per heavy atom. The number of hydrogen-bond acceptors (Lipinski definition) is 0. The summed E-state index contributed by atoms with van der Waals surface area (Å²) >= 11 is 7.47. The first-order chi connectivity index (χ1) is 3.89. The fourth-order valence-electron chi connectivity index (χ4n) is 0.216. The molecule has 0 N–H and O–H groups in total. The zero-order chi connectivity index (χ0) is 7.65. The second kappa shape index (κ2) is 3.19. The number of halogens is 3. The summed E-state index contributed by atoms with van der Waals surface area (Å²) < 4.78 is 12.0. The van der Waals surface area contributed by atoms with Gasteiger partial charge in [-0.3, -0.25) is 0 Å². The molecule has 1 unspecified atom stereocenters. The summed E-state index contributed by atoms with van der Waals surface area (Å²) in [7, 11) is 0. The minimum absolute atomic E-state index is 0.359. The van der Waals surface area contributed by atoms with Gasteiger partial charge >= 0.3 is 0 Å². The van der Waals surface area contributed by atoms with Crippen LogP contribution in [0.4, 0.5) is 4.39 Å². The van der Waals surface area contributed by atoms with E-state index in [9.17, 15) is 4.39 Å². The van der Waals surface area contributed by atoms with E-state index in [1.165, 1.54) is 6.92 Å². The molecule has 0 spiro atoms. The fourth-order valence-corrected chi connectivity index (χ4v) is 0.366. The van der Waals surface area contributed by atoms with Crippen LogP contribution < -0.4 is 0 Å². The topological polar surface area (TPSA) is 0 Å². The Labute approximate surface area is 73.6 Å². The summed E-state index contributed by atoms with van der Waals surface area (Å²) in [5.74, 6) is 0. The summed E-state index contributed by atoms with van der Waals surface area (Å²) in [6.07, 6.45) is -0.955. The lowest BCUT2D eigenvalue weighted by atomic mass is 10.1. The van der Waals surface area contributed by atoms with Crippen molar-refractivity contribution >= 4 is 34.2 Å². The molecule has 0 saturated carbocycles. The number of alkyl halides is 2. The van der Waals surface area contributed by atoms with Crippen molar-refractivity contribution in [1.29, 1.82) is 0 Å². The van der Waals surface area contributed by atoms with E-state index in [-0.39, 0.29) is 0 Å². The van der Waals surface area contributed by atoms with Gasteiger partial charge in [-0.2, -0.15) is 0 Å².